The number of rotatable bonds is 5. The molecule has 0 saturated carbocycles. The van der Waals surface area contributed by atoms with Crippen molar-refractivity contribution in [3.63, 3.8) is 0 Å². The Kier molecular flexibility index (Phi) is 4.99. The molecule has 0 amide bonds. The zero-order valence-electron chi connectivity index (χ0n) is 14.4. The monoisotopic (exact) mass is 417 g/mol. The molecule has 3 rings (SSSR count). The molecule has 1 aromatic heterocycles. The average molecular weight is 418 g/mol. The van der Waals surface area contributed by atoms with Crippen LogP contribution in [0.3, 0.4) is 0 Å². The second-order valence-corrected chi connectivity index (χ2v) is 6.24. The normalized spacial score (nSPS) is 10.6. The van der Waals surface area contributed by atoms with Gasteiger partial charge in [-0.2, -0.15) is 0 Å². The molecular formula is C19H16BrNO5. The Morgan fingerprint density at radius 3 is 2.31 bits per heavy atom. The molecule has 0 fully saturated rings. The van der Waals surface area contributed by atoms with Gasteiger partial charge in [0.15, 0.2) is 23.0 Å². The number of methoxy groups -OCH3 is 3. The molecule has 7 heteroatoms. The summed E-state index contributed by atoms with van der Waals surface area (Å²) in [5.41, 5.74) is 0.455. The van der Waals surface area contributed by atoms with Gasteiger partial charge in [0.25, 0.3) is 0 Å². The maximum absolute atomic E-state index is 13.2. The predicted molar refractivity (Wildman–Crippen MR) is 101 cm³/mol. The minimum absolute atomic E-state index is 0.117. The van der Waals surface area contributed by atoms with E-state index in [-0.39, 0.29) is 23.0 Å². The van der Waals surface area contributed by atoms with E-state index in [9.17, 15) is 9.90 Å². The summed E-state index contributed by atoms with van der Waals surface area (Å²) >= 11 is 3.39. The molecule has 3 aromatic rings. The van der Waals surface area contributed by atoms with Crippen molar-refractivity contribution in [1.29, 1.82) is 0 Å². The molecule has 134 valence electrons. The number of aromatic nitrogens is 1. The van der Waals surface area contributed by atoms with Gasteiger partial charge in [-0.3, -0.25) is 9.78 Å². The van der Waals surface area contributed by atoms with E-state index in [0.29, 0.717) is 32.3 Å². The summed E-state index contributed by atoms with van der Waals surface area (Å²) in [5, 5.41) is 11.5. The molecule has 0 spiro atoms. The average Bonchev–Trinajstić information content (AvgIpc) is 2.67. The van der Waals surface area contributed by atoms with Gasteiger partial charge in [-0.05, 0) is 45.6 Å². The smallest absolute Gasteiger partial charge is 0.213 e. The molecule has 1 N–H and O–H groups in total. The number of aromatic hydroxyl groups is 1. The number of benzene rings is 2. The fourth-order valence-electron chi connectivity index (χ4n) is 2.72. The number of nitrogens with zero attached hydrogens (tertiary/aromatic N) is 1. The predicted octanol–water partition coefficient (Wildman–Crippen LogP) is 3.96. The zero-order valence-corrected chi connectivity index (χ0v) is 16.0. The van der Waals surface area contributed by atoms with Crippen LogP contribution in [0.1, 0.15) is 16.1 Å². The van der Waals surface area contributed by atoms with Gasteiger partial charge in [0.05, 0.1) is 26.7 Å². The molecule has 0 unspecified atom stereocenters. The molecule has 0 bridgehead atoms. The Hall–Kier alpha value is -2.80. The highest BCUT2D eigenvalue weighted by Gasteiger charge is 2.22. The number of fused-ring (bicyclic) bond motifs is 1. The fraction of sp³-hybridized carbons (Fsp3) is 0.158. The highest BCUT2D eigenvalue weighted by molar-refractivity contribution is 9.10. The highest BCUT2D eigenvalue weighted by Crippen LogP contribution is 2.38. The van der Waals surface area contributed by atoms with Gasteiger partial charge in [-0.15, -0.1) is 0 Å². The van der Waals surface area contributed by atoms with Gasteiger partial charge in [0.1, 0.15) is 5.69 Å². The first-order valence-corrected chi connectivity index (χ1v) is 8.42. The summed E-state index contributed by atoms with van der Waals surface area (Å²) in [5.74, 6) is 0.684. The summed E-state index contributed by atoms with van der Waals surface area (Å²) in [4.78, 5) is 17.4. The van der Waals surface area contributed by atoms with Crippen molar-refractivity contribution in [3.8, 4) is 23.0 Å². The number of ketones is 1. The SMILES string of the molecule is COc1cc(Br)c(C(=O)c2nccc3ccc(OC)c(O)c23)cc1OC. The van der Waals surface area contributed by atoms with Crippen molar-refractivity contribution >= 4 is 32.5 Å². The van der Waals surface area contributed by atoms with Gasteiger partial charge >= 0.3 is 0 Å². The highest BCUT2D eigenvalue weighted by atomic mass is 79.9. The lowest BCUT2D eigenvalue weighted by molar-refractivity contribution is 0.103. The number of ether oxygens (including phenoxy) is 3. The number of hydrogen-bond acceptors (Lipinski definition) is 6. The van der Waals surface area contributed by atoms with Gasteiger partial charge < -0.3 is 19.3 Å². The summed E-state index contributed by atoms with van der Waals surface area (Å²) in [6, 6.07) is 8.34. The van der Waals surface area contributed by atoms with E-state index in [1.54, 1.807) is 30.3 Å². The van der Waals surface area contributed by atoms with Gasteiger partial charge in [-0.25, -0.2) is 0 Å². The summed E-state index contributed by atoms with van der Waals surface area (Å²) in [6.07, 6.45) is 1.52. The van der Waals surface area contributed by atoms with E-state index in [1.807, 2.05) is 0 Å². The lowest BCUT2D eigenvalue weighted by Crippen LogP contribution is -2.07. The van der Waals surface area contributed by atoms with Crippen molar-refractivity contribution < 1.29 is 24.1 Å². The van der Waals surface area contributed by atoms with Crippen molar-refractivity contribution in [2.24, 2.45) is 0 Å². The Morgan fingerprint density at radius 1 is 1.00 bits per heavy atom. The van der Waals surface area contributed by atoms with Crippen LogP contribution in [-0.2, 0) is 0 Å². The number of phenolic OH excluding ortho intramolecular Hbond substituents is 1. The van der Waals surface area contributed by atoms with E-state index >= 15 is 0 Å². The topological polar surface area (TPSA) is 77.9 Å². The Balaban J connectivity index is 2.23. The number of hydrogen-bond donors (Lipinski definition) is 1. The van der Waals surface area contributed by atoms with Crippen molar-refractivity contribution in [2.45, 2.75) is 0 Å². The van der Waals surface area contributed by atoms with Crippen LogP contribution in [0.2, 0.25) is 0 Å². The number of carbonyl (C=O) groups excluding carboxylic acids is 1. The summed E-state index contributed by atoms with van der Waals surface area (Å²) in [6.45, 7) is 0. The number of carbonyl (C=O) groups is 1. The first-order chi connectivity index (χ1) is 12.5. The molecule has 1 heterocycles. The van der Waals surface area contributed by atoms with Gasteiger partial charge in [0, 0.05) is 16.2 Å². The molecule has 0 aliphatic heterocycles. The molecule has 0 radical (unpaired) electrons. The van der Waals surface area contributed by atoms with E-state index in [0.717, 1.165) is 0 Å². The Labute approximate surface area is 158 Å². The van der Waals surface area contributed by atoms with Gasteiger partial charge in [0.2, 0.25) is 5.78 Å². The van der Waals surface area contributed by atoms with E-state index in [1.165, 1.54) is 27.5 Å². The van der Waals surface area contributed by atoms with Crippen LogP contribution in [0.4, 0.5) is 0 Å². The fourth-order valence-corrected chi connectivity index (χ4v) is 3.23. The van der Waals surface area contributed by atoms with Crippen LogP contribution in [0.25, 0.3) is 10.8 Å². The molecule has 26 heavy (non-hydrogen) atoms. The van der Waals surface area contributed by atoms with Crippen LogP contribution in [0.15, 0.2) is 41.0 Å². The molecular weight excluding hydrogens is 402 g/mol. The van der Waals surface area contributed by atoms with Gasteiger partial charge in [-0.1, -0.05) is 6.07 Å². The van der Waals surface area contributed by atoms with Crippen LogP contribution >= 0.6 is 15.9 Å². The number of pyridine rings is 1. The van der Waals surface area contributed by atoms with Crippen LogP contribution in [0.5, 0.6) is 23.0 Å². The number of halogens is 1. The molecule has 0 atom stereocenters. The lowest BCUT2D eigenvalue weighted by atomic mass is 10.0. The zero-order chi connectivity index (χ0) is 18.8. The van der Waals surface area contributed by atoms with Crippen molar-refractivity contribution in [3.05, 3.63) is 52.3 Å². The summed E-state index contributed by atoms with van der Waals surface area (Å²) in [7, 11) is 4.46. The minimum atomic E-state index is -0.369. The van der Waals surface area contributed by atoms with Crippen LogP contribution in [0, 0.1) is 0 Å². The lowest BCUT2D eigenvalue weighted by Gasteiger charge is -2.13. The second kappa shape index (κ2) is 7.21. The Morgan fingerprint density at radius 2 is 1.65 bits per heavy atom. The number of phenols is 1. The quantitative estimate of drug-likeness (QED) is 0.633. The first-order valence-electron chi connectivity index (χ1n) is 7.62. The third-order valence-corrected chi connectivity index (χ3v) is 4.68. The van der Waals surface area contributed by atoms with Crippen LogP contribution in [-0.4, -0.2) is 37.2 Å². The van der Waals surface area contributed by atoms with E-state index in [2.05, 4.69) is 20.9 Å². The molecule has 6 nitrogen and oxygen atoms in total. The van der Waals surface area contributed by atoms with E-state index < -0.39 is 0 Å². The minimum Gasteiger partial charge on any atom is -0.504 e. The van der Waals surface area contributed by atoms with Crippen molar-refractivity contribution in [1.82, 2.24) is 4.98 Å². The maximum atomic E-state index is 13.2. The molecule has 2 aromatic carbocycles. The molecule has 0 aliphatic rings. The standard InChI is InChI=1S/C19H16BrNO5/c1-24-13-5-4-10-6-7-21-17(16(10)19(13)23)18(22)11-8-14(25-2)15(26-3)9-12(11)20/h4-9,23H,1-3H3. The van der Waals surface area contributed by atoms with Crippen LogP contribution < -0.4 is 14.2 Å². The third-order valence-electron chi connectivity index (χ3n) is 4.02. The summed E-state index contributed by atoms with van der Waals surface area (Å²) < 4.78 is 16.2. The largest absolute Gasteiger partial charge is 0.504 e. The Bertz CT molecular complexity index is 1000. The second-order valence-electron chi connectivity index (χ2n) is 5.39. The molecule has 0 aliphatic carbocycles. The molecule has 0 saturated heterocycles. The van der Waals surface area contributed by atoms with E-state index in [4.69, 9.17) is 14.2 Å². The van der Waals surface area contributed by atoms with Crippen molar-refractivity contribution in [2.75, 3.05) is 21.3 Å². The maximum Gasteiger partial charge on any atom is 0.213 e. The first kappa shape index (κ1) is 18.0. The third kappa shape index (κ3) is 2.94.